The van der Waals surface area contributed by atoms with Crippen LogP contribution in [0.25, 0.3) is 0 Å². The third-order valence-corrected chi connectivity index (χ3v) is 0.725. The molecular weight excluding hydrogens is 90.1 g/mol. The van der Waals surface area contributed by atoms with Crippen molar-refractivity contribution in [2.24, 2.45) is 0 Å². The highest BCUT2D eigenvalue weighted by atomic mass is 16.3. The second kappa shape index (κ2) is 1.69. The van der Waals surface area contributed by atoms with E-state index in [1.165, 1.54) is 0 Å². The number of aliphatic hydroxyl groups is 1. The highest BCUT2D eigenvalue weighted by molar-refractivity contribution is 5.04. The van der Waals surface area contributed by atoms with E-state index >= 15 is 0 Å². The second-order valence-electron chi connectivity index (χ2n) is 1.28. The van der Waals surface area contributed by atoms with Crippen molar-refractivity contribution in [1.29, 1.82) is 0 Å². The van der Waals surface area contributed by atoms with Crippen molar-refractivity contribution >= 4 is 0 Å². The van der Waals surface area contributed by atoms with Crippen molar-refractivity contribution in [2.45, 2.75) is 0 Å². The Kier molecular flexibility index (Phi) is 1.02. The van der Waals surface area contributed by atoms with Gasteiger partial charge < -0.3 is 10.4 Å². The summed E-state index contributed by atoms with van der Waals surface area (Å²) >= 11 is 0. The molecule has 0 saturated heterocycles. The van der Waals surface area contributed by atoms with Crippen LogP contribution in [0.2, 0.25) is 0 Å². The minimum absolute atomic E-state index is 0.127. The molecule has 0 bridgehead atoms. The van der Waals surface area contributed by atoms with E-state index in [1.54, 1.807) is 6.08 Å². The molecule has 0 atom stereocenters. The zero-order valence-corrected chi connectivity index (χ0v) is 3.81. The minimum atomic E-state index is 0.127. The molecule has 1 rings (SSSR count). The Labute approximate surface area is 42.2 Å². The maximum Gasteiger partial charge on any atom is 0.192 e. The molecule has 0 aromatic carbocycles. The summed E-state index contributed by atoms with van der Waals surface area (Å²) in [6.45, 7) is 0.707. The van der Waals surface area contributed by atoms with Crippen LogP contribution in [-0.4, -0.2) is 11.7 Å². The molecule has 1 aliphatic rings. The largest absolute Gasteiger partial charge is 0.494 e. The Balaban J connectivity index is 2.57. The summed E-state index contributed by atoms with van der Waals surface area (Å²) in [5.41, 5.74) is 0. The van der Waals surface area contributed by atoms with E-state index in [0.717, 1.165) is 0 Å². The van der Waals surface area contributed by atoms with Crippen LogP contribution in [0.4, 0.5) is 0 Å². The number of hydrogen-bond donors (Lipinski definition) is 2. The molecule has 7 heavy (non-hydrogen) atoms. The molecule has 37 valence electrons. The first-order chi connectivity index (χ1) is 3.39. The summed E-state index contributed by atoms with van der Waals surface area (Å²) in [6, 6.07) is 0. The summed E-state index contributed by atoms with van der Waals surface area (Å²) in [6.07, 6.45) is 6.12. The van der Waals surface area contributed by atoms with E-state index in [0.29, 0.717) is 6.54 Å². The van der Waals surface area contributed by atoms with Crippen LogP contribution < -0.4 is 5.32 Å². The van der Waals surface area contributed by atoms with Crippen molar-refractivity contribution in [3.63, 3.8) is 0 Å². The summed E-state index contributed by atoms with van der Waals surface area (Å²) in [4.78, 5) is 0. The molecule has 0 amide bonds. The van der Waals surface area contributed by atoms with Gasteiger partial charge in [-0.3, -0.25) is 0 Å². The fourth-order valence-corrected chi connectivity index (χ4v) is 0.403. The third kappa shape index (κ3) is 0.961. The first-order valence-corrected chi connectivity index (χ1v) is 2.11. The van der Waals surface area contributed by atoms with Gasteiger partial charge in [0, 0.05) is 12.6 Å². The number of aliphatic hydroxyl groups excluding tert-OH is 1. The van der Waals surface area contributed by atoms with Gasteiger partial charge in [-0.2, -0.15) is 0 Å². The first-order valence-electron chi connectivity index (χ1n) is 2.11. The SMILES string of the molecule is OC1=[C]C=CCN1. The standard InChI is InChI=1S/C5H6NO/c7-5-3-1-2-4-6-5/h1-2,6-7H,4H2. The molecule has 0 aliphatic carbocycles. The van der Waals surface area contributed by atoms with Crippen LogP contribution >= 0.6 is 0 Å². The summed E-state index contributed by atoms with van der Waals surface area (Å²) < 4.78 is 0. The average Bonchev–Trinajstić information content (AvgIpc) is 1.69. The van der Waals surface area contributed by atoms with E-state index in [1.807, 2.05) is 6.08 Å². The van der Waals surface area contributed by atoms with Crippen molar-refractivity contribution in [2.75, 3.05) is 6.54 Å². The minimum Gasteiger partial charge on any atom is -0.494 e. The van der Waals surface area contributed by atoms with E-state index in [-0.39, 0.29) is 5.88 Å². The predicted octanol–water partition coefficient (Wildman–Crippen LogP) is 0.348. The molecule has 0 spiro atoms. The van der Waals surface area contributed by atoms with Gasteiger partial charge in [0.1, 0.15) is 0 Å². The highest BCUT2D eigenvalue weighted by Crippen LogP contribution is 1.86. The molecular formula is C5H6NO. The fraction of sp³-hybridized carbons (Fsp3) is 0.200. The van der Waals surface area contributed by atoms with E-state index in [2.05, 4.69) is 11.4 Å². The lowest BCUT2D eigenvalue weighted by Crippen LogP contribution is -2.14. The van der Waals surface area contributed by atoms with Gasteiger partial charge in [0.2, 0.25) is 0 Å². The number of allylic oxidation sites excluding steroid dienone is 2. The Morgan fingerprint density at radius 1 is 1.86 bits per heavy atom. The molecule has 1 heterocycles. The zero-order chi connectivity index (χ0) is 5.11. The van der Waals surface area contributed by atoms with Crippen molar-refractivity contribution < 1.29 is 5.11 Å². The summed E-state index contributed by atoms with van der Waals surface area (Å²) in [5.74, 6) is 0.127. The monoisotopic (exact) mass is 96.0 g/mol. The van der Waals surface area contributed by atoms with Gasteiger partial charge in [0.25, 0.3) is 0 Å². The quantitative estimate of drug-likeness (QED) is 0.456. The number of rotatable bonds is 0. The van der Waals surface area contributed by atoms with E-state index in [9.17, 15) is 0 Å². The van der Waals surface area contributed by atoms with Crippen molar-refractivity contribution in [3.8, 4) is 0 Å². The van der Waals surface area contributed by atoms with Crippen LogP contribution in [0, 0.1) is 6.08 Å². The Hall–Kier alpha value is -0.920. The lowest BCUT2D eigenvalue weighted by atomic mass is 10.4. The lowest BCUT2D eigenvalue weighted by Gasteiger charge is -2.01. The van der Waals surface area contributed by atoms with Crippen LogP contribution in [0.1, 0.15) is 0 Å². The normalized spacial score (nSPS) is 18.0. The van der Waals surface area contributed by atoms with Crippen molar-refractivity contribution in [3.05, 3.63) is 24.1 Å². The van der Waals surface area contributed by atoms with Gasteiger partial charge in [0.05, 0.1) is 0 Å². The molecule has 1 radical (unpaired) electrons. The summed E-state index contributed by atoms with van der Waals surface area (Å²) in [5, 5.41) is 11.2. The molecule has 2 heteroatoms. The van der Waals surface area contributed by atoms with E-state index in [4.69, 9.17) is 5.11 Å². The fourth-order valence-electron chi connectivity index (χ4n) is 0.403. The molecule has 2 N–H and O–H groups in total. The molecule has 1 aliphatic heterocycles. The van der Waals surface area contributed by atoms with Crippen molar-refractivity contribution in [1.82, 2.24) is 5.32 Å². The molecule has 0 unspecified atom stereocenters. The number of nitrogens with one attached hydrogen (secondary N) is 1. The molecule has 0 aromatic heterocycles. The smallest absolute Gasteiger partial charge is 0.192 e. The van der Waals surface area contributed by atoms with Crippen LogP contribution in [-0.2, 0) is 0 Å². The first kappa shape index (κ1) is 4.24. The number of hydrogen-bond acceptors (Lipinski definition) is 2. The van der Waals surface area contributed by atoms with Gasteiger partial charge in [-0.25, -0.2) is 0 Å². The summed E-state index contributed by atoms with van der Waals surface area (Å²) in [7, 11) is 0. The zero-order valence-electron chi connectivity index (χ0n) is 3.81. The van der Waals surface area contributed by atoms with Crippen LogP contribution in [0.5, 0.6) is 0 Å². The second-order valence-corrected chi connectivity index (χ2v) is 1.28. The Bertz CT molecular complexity index is 115. The van der Waals surface area contributed by atoms with Gasteiger partial charge in [-0.15, -0.1) is 0 Å². The highest BCUT2D eigenvalue weighted by Gasteiger charge is 1.89. The maximum absolute atomic E-state index is 8.55. The Morgan fingerprint density at radius 3 is 3.00 bits per heavy atom. The molecule has 0 saturated carbocycles. The maximum atomic E-state index is 8.55. The topological polar surface area (TPSA) is 32.3 Å². The van der Waals surface area contributed by atoms with Crippen LogP contribution in [0.15, 0.2) is 18.0 Å². The Morgan fingerprint density at radius 2 is 2.71 bits per heavy atom. The lowest BCUT2D eigenvalue weighted by molar-refractivity contribution is 0.365. The molecule has 0 fully saturated rings. The van der Waals surface area contributed by atoms with Gasteiger partial charge in [-0.1, -0.05) is 12.2 Å². The third-order valence-electron chi connectivity index (χ3n) is 0.725. The van der Waals surface area contributed by atoms with Crippen LogP contribution in [0.3, 0.4) is 0 Å². The number of dihydropyridines is 1. The predicted molar refractivity (Wildman–Crippen MR) is 26.5 cm³/mol. The molecule has 2 nitrogen and oxygen atoms in total. The average molecular weight is 96.1 g/mol. The van der Waals surface area contributed by atoms with Gasteiger partial charge >= 0.3 is 0 Å². The van der Waals surface area contributed by atoms with E-state index < -0.39 is 0 Å². The molecule has 0 aromatic rings. The van der Waals surface area contributed by atoms with Gasteiger partial charge in [-0.05, 0) is 0 Å². The van der Waals surface area contributed by atoms with Gasteiger partial charge in [0.15, 0.2) is 5.88 Å².